The molecule has 0 saturated carbocycles. The lowest BCUT2D eigenvalue weighted by molar-refractivity contribution is 0.424. The van der Waals surface area contributed by atoms with Crippen LogP contribution in [-0.4, -0.2) is 20.3 Å². The molecule has 0 amide bonds. The zero-order valence-electron chi connectivity index (χ0n) is 13.8. The first-order valence-electron chi connectivity index (χ1n) is 7.65. The van der Waals surface area contributed by atoms with E-state index in [1.54, 1.807) is 0 Å². The van der Waals surface area contributed by atoms with E-state index in [1.807, 2.05) is 23.9 Å². The average Bonchev–Trinajstić information content (AvgIpc) is 2.83. The molecule has 0 aliphatic rings. The zero-order valence-corrected chi connectivity index (χ0v) is 13.8. The Kier molecular flexibility index (Phi) is 4.78. The van der Waals surface area contributed by atoms with Crippen LogP contribution >= 0.6 is 0 Å². The first-order chi connectivity index (χ1) is 9.87. The molecule has 4 heteroatoms. The number of nitrogens with zero attached hydrogens (tertiary/aromatic N) is 3. The van der Waals surface area contributed by atoms with E-state index in [-0.39, 0.29) is 5.54 Å². The molecule has 2 heterocycles. The highest BCUT2D eigenvalue weighted by molar-refractivity contribution is 5.31. The second-order valence-electron chi connectivity index (χ2n) is 6.58. The van der Waals surface area contributed by atoms with Gasteiger partial charge >= 0.3 is 0 Å². The third-order valence-electron chi connectivity index (χ3n) is 3.21. The highest BCUT2D eigenvalue weighted by atomic mass is 15.3. The van der Waals surface area contributed by atoms with Crippen molar-refractivity contribution in [2.75, 3.05) is 0 Å². The standard InChI is InChI=1S/C17H26N4/c1-6-7-15-10-14(12-18-17(3,4)5)11-16(19-15)21-9-8-13(2)20-21/h8-11,18H,6-7,12H2,1-5H3. The fraction of sp³-hybridized carbons (Fsp3) is 0.529. The Balaban J connectivity index is 2.30. The van der Waals surface area contributed by atoms with Crippen molar-refractivity contribution in [2.45, 2.75) is 59.5 Å². The zero-order chi connectivity index (χ0) is 15.5. The van der Waals surface area contributed by atoms with Crippen molar-refractivity contribution in [1.29, 1.82) is 0 Å². The van der Waals surface area contributed by atoms with Crippen molar-refractivity contribution in [1.82, 2.24) is 20.1 Å². The topological polar surface area (TPSA) is 42.7 Å². The average molecular weight is 286 g/mol. The van der Waals surface area contributed by atoms with Gasteiger partial charge in [0.05, 0.1) is 5.69 Å². The van der Waals surface area contributed by atoms with Crippen LogP contribution in [0.4, 0.5) is 0 Å². The van der Waals surface area contributed by atoms with E-state index in [1.165, 1.54) is 5.56 Å². The summed E-state index contributed by atoms with van der Waals surface area (Å²) in [5.41, 5.74) is 3.50. The number of rotatable bonds is 5. The molecule has 21 heavy (non-hydrogen) atoms. The van der Waals surface area contributed by atoms with Gasteiger partial charge in [-0.15, -0.1) is 0 Å². The summed E-state index contributed by atoms with van der Waals surface area (Å²) in [7, 11) is 0. The van der Waals surface area contributed by atoms with Gasteiger partial charge in [0.1, 0.15) is 0 Å². The lowest BCUT2D eigenvalue weighted by Crippen LogP contribution is -2.35. The van der Waals surface area contributed by atoms with Crippen molar-refractivity contribution < 1.29 is 0 Å². The van der Waals surface area contributed by atoms with E-state index in [9.17, 15) is 0 Å². The Bertz CT molecular complexity index is 593. The molecule has 0 aliphatic heterocycles. The monoisotopic (exact) mass is 286 g/mol. The van der Waals surface area contributed by atoms with Gasteiger partial charge < -0.3 is 5.32 Å². The van der Waals surface area contributed by atoms with E-state index in [2.05, 4.69) is 50.2 Å². The fourth-order valence-electron chi connectivity index (χ4n) is 2.15. The van der Waals surface area contributed by atoms with Gasteiger partial charge in [0.2, 0.25) is 0 Å². The van der Waals surface area contributed by atoms with Crippen LogP contribution in [0.5, 0.6) is 0 Å². The van der Waals surface area contributed by atoms with Crippen molar-refractivity contribution >= 4 is 0 Å². The Morgan fingerprint density at radius 3 is 2.57 bits per heavy atom. The van der Waals surface area contributed by atoms with Crippen LogP contribution in [0.1, 0.15) is 51.1 Å². The van der Waals surface area contributed by atoms with E-state index in [0.29, 0.717) is 0 Å². The first-order valence-corrected chi connectivity index (χ1v) is 7.65. The van der Waals surface area contributed by atoms with Crippen molar-refractivity contribution in [3.63, 3.8) is 0 Å². The minimum absolute atomic E-state index is 0.108. The van der Waals surface area contributed by atoms with Gasteiger partial charge in [-0.25, -0.2) is 9.67 Å². The Hall–Kier alpha value is -1.68. The Morgan fingerprint density at radius 2 is 2.00 bits per heavy atom. The molecule has 0 spiro atoms. The number of pyridine rings is 1. The van der Waals surface area contributed by atoms with Gasteiger partial charge in [0.25, 0.3) is 0 Å². The quantitative estimate of drug-likeness (QED) is 0.916. The highest BCUT2D eigenvalue weighted by Crippen LogP contribution is 2.13. The van der Waals surface area contributed by atoms with Crippen LogP contribution in [0.15, 0.2) is 24.4 Å². The van der Waals surface area contributed by atoms with Crippen LogP contribution in [-0.2, 0) is 13.0 Å². The van der Waals surface area contributed by atoms with E-state index in [4.69, 9.17) is 4.98 Å². The molecule has 114 valence electrons. The lowest BCUT2D eigenvalue weighted by Gasteiger charge is -2.21. The van der Waals surface area contributed by atoms with Gasteiger partial charge in [-0.2, -0.15) is 5.10 Å². The molecule has 0 fully saturated rings. The molecule has 0 bridgehead atoms. The SMILES string of the molecule is CCCc1cc(CNC(C)(C)C)cc(-n2ccc(C)n2)n1. The molecule has 4 nitrogen and oxygen atoms in total. The third kappa shape index (κ3) is 4.67. The number of aryl methyl sites for hydroxylation is 2. The maximum absolute atomic E-state index is 4.72. The van der Waals surface area contributed by atoms with Crippen molar-refractivity contribution in [3.8, 4) is 5.82 Å². The maximum Gasteiger partial charge on any atom is 0.153 e. The first kappa shape index (κ1) is 15.7. The maximum atomic E-state index is 4.72. The predicted octanol–water partition coefficient (Wildman–Crippen LogP) is 3.42. The van der Waals surface area contributed by atoms with Gasteiger partial charge in [0.15, 0.2) is 5.82 Å². The summed E-state index contributed by atoms with van der Waals surface area (Å²) in [4.78, 5) is 4.72. The lowest BCUT2D eigenvalue weighted by atomic mass is 10.1. The predicted molar refractivity (Wildman–Crippen MR) is 86.7 cm³/mol. The van der Waals surface area contributed by atoms with Crippen LogP contribution in [0, 0.1) is 6.92 Å². The number of hydrogen-bond acceptors (Lipinski definition) is 3. The molecule has 2 aromatic heterocycles. The molecule has 0 aliphatic carbocycles. The van der Waals surface area contributed by atoms with Crippen LogP contribution in [0.25, 0.3) is 5.82 Å². The molecule has 0 radical (unpaired) electrons. The smallest absolute Gasteiger partial charge is 0.153 e. The number of aromatic nitrogens is 3. The van der Waals surface area contributed by atoms with Gasteiger partial charge in [0, 0.05) is 24.0 Å². The van der Waals surface area contributed by atoms with Gasteiger partial charge in [-0.3, -0.25) is 0 Å². The largest absolute Gasteiger partial charge is 0.308 e. The summed E-state index contributed by atoms with van der Waals surface area (Å²) in [5, 5.41) is 8.00. The summed E-state index contributed by atoms with van der Waals surface area (Å²) >= 11 is 0. The molecule has 0 aromatic carbocycles. The van der Waals surface area contributed by atoms with E-state index in [0.717, 1.165) is 36.6 Å². The third-order valence-corrected chi connectivity index (χ3v) is 3.21. The summed E-state index contributed by atoms with van der Waals surface area (Å²) in [6.45, 7) is 11.6. The minimum atomic E-state index is 0.108. The van der Waals surface area contributed by atoms with Gasteiger partial charge in [-0.05, 0) is 57.9 Å². The summed E-state index contributed by atoms with van der Waals surface area (Å²) in [6.07, 6.45) is 4.06. The summed E-state index contributed by atoms with van der Waals surface area (Å²) in [6, 6.07) is 6.31. The van der Waals surface area contributed by atoms with Gasteiger partial charge in [-0.1, -0.05) is 13.3 Å². The molecular weight excluding hydrogens is 260 g/mol. The molecule has 0 atom stereocenters. The van der Waals surface area contributed by atoms with Crippen LogP contribution in [0.3, 0.4) is 0 Å². The summed E-state index contributed by atoms with van der Waals surface area (Å²) in [5.74, 6) is 0.903. The Labute approximate surface area is 127 Å². The molecule has 2 aromatic rings. The summed E-state index contributed by atoms with van der Waals surface area (Å²) < 4.78 is 1.86. The van der Waals surface area contributed by atoms with Crippen molar-refractivity contribution in [3.05, 3.63) is 41.3 Å². The van der Waals surface area contributed by atoms with Crippen LogP contribution < -0.4 is 5.32 Å². The molecule has 1 N–H and O–H groups in total. The normalized spacial score (nSPS) is 11.9. The number of nitrogens with one attached hydrogen (secondary N) is 1. The van der Waals surface area contributed by atoms with E-state index >= 15 is 0 Å². The molecule has 0 saturated heterocycles. The van der Waals surface area contributed by atoms with E-state index < -0.39 is 0 Å². The fourth-order valence-corrected chi connectivity index (χ4v) is 2.15. The number of hydrogen-bond donors (Lipinski definition) is 1. The Morgan fingerprint density at radius 1 is 1.24 bits per heavy atom. The van der Waals surface area contributed by atoms with Crippen molar-refractivity contribution in [2.24, 2.45) is 0 Å². The second kappa shape index (κ2) is 6.39. The minimum Gasteiger partial charge on any atom is -0.308 e. The highest BCUT2D eigenvalue weighted by Gasteiger charge is 2.10. The second-order valence-corrected chi connectivity index (χ2v) is 6.58. The molecule has 0 unspecified atom stereocenters. The molecule has 2 rings (SSSR count). The van der Waals surface area contributed by atoms with Crippen LogP contribution in [0.2, 0.25) is 0 Å². The molecular formula is C17H26N4.